The molecule has 0 unspecified atom stereocenters. The predicted octanol–water partition coefficient (Wildman–Crippen LogP) is 3.59. The zero-order chi connectivity index (χ0) is 14.4. The summed E-state index contributed by atoms with van der Waals surface area (Å²) < 4.78 is 0. The minimum absolute atomic E-state index is 0.0889. The van der Waals surface area contributed by atoms with Crippen molar-refractivity contribution in [2.75, 3.05) is 18.9 Å². The van der Waals surface area contributed by atoms with Crippen LogP contribution >= 0.6 is 0 Å². The van der Waals surface area contributed by atoms with Gasteiger partial charge in [-0.2, -0.15) is 0 Å². The fourth-order valence-electron chi connectivity index (χ4n) is 2.96. The third-order valence-corrected chi connectivity index (χ3v) is 4.26. The fourth-order valence-corrected chi connectivity index (χ4v) is 2.96. The zero-order valence-electron chi connectivity index (χ0n) is 12.7. The molecule has 1 N–H and O–H groups in total. The number of nitrogens with one attached hydrogen (secondary N) is 1. The van der Waals surface area contributed by atoms with Crippen LogP contribution in [-0.4, -0.2) is 30.4 Å². The Hall–Kier alpha value is -1.35. The molecule has 0 spiro atoms. The fraction of sp³-hybridized carbons (Fsp3) is 0.588. The second kappa shape index (κ2) is 7.44. The number of nitrogens with zero attached hydrogens (tertiary/aromatic N) is 1. The summed E-state index contributed by atoms with van der Waals surface area (Å²) in [6.45, 7) is 2.50. The Morgan fingerprint density at radius 2 is 1.85 bits per heavy atom. The van der Waals surface area contributed by atoms with Crippen molar-refractivity contribution in [1.29, 1.82) is 0 Å². The van der Waals surface area contributed by atoms with E-state index in [0.29, 0.717) is 12.6 Å². The van der Waals surface area contributed by atoms with Crippen LogP contribution in [0.2, 0.25) is 0 Å². The first-order valence-corrected chi connectivity index (χ1v) is 7.72. The van der Waals surface area contributed by atoms with Crippen LogP contribution in [0.15, 0.2) is 24.3 Å². The number of anilines is 1. The van der Waals surface area contributed by atoms with Crippen LogP contribution in [0, 0.1) is 6.92 Å². The molecule has 1 saturated carbocycles. The number of carbonyl (C=O) groups is 1. The molecule has 1 aromatic carbocycles. The Morgan fingerprint density at radius 3 is 2.50 bits per heavy atom. The van der Waals surface area contributed by atoms with Crippen molar-refractivity contribution >= 4 is 11.6 Å². The van der Waals surface area contributed by atoms with E-state index in [9.17, 15) is 4.79 Å². The molecule has 1 amide bonds. The molecule has 1 aliphatic carbocycles. The van der Waals surface area contributed by atoms with Gasteiger partial charge in [-0.1, -0.05) is 43.9 Å². The SMILES string of the molecule is Cc1ccccc1NC(=O)CN(C)C1CCCCCC1. The van der Waals surface area contributed by atoms with Gasteiger partial charge in [-0.15, -0.1) is 0 Å². The molecule has 0 saturated heterocycles. The molecule has 0 radical (unpaired) electrons. The summed E-state index contributed by atoms with van der Waals surface area (Å²) >= 11 is 0. The van der Waals surface area contributed by atoms with Crippen molar-refractivity contribution in [2.24, 2.45) is 0 Å². The van der Waals surface area contributed by atoms with Gasteiger partial charge in [0.1, 0.15) is 0 Å². The highest BCUT2D eigenvalue weighted by Gasteiger charge is 2.19. The second-order valence-corrected chi connectivity index (χ2v) is 5.92. The molecule has 0 bridgehead atoms. The van der Waals surface area contributed by atoms with Gasteiger partial charge < -0.3 is 5.32 Å². The summed E-state index contributed by atoms with van der Waals surface area (Å²) in [6, 6.07) is 8.49. The molecule has 1 aliphatic rings. The molecule has 3 heteroatoms. The van der Waals surface area contributed by atoms with E-state index in [1.165, 1.54) is 38.5 Å². The van der Waals surface area contributed by atoms with Crippen molar-refractivity contribution in [1.82, 2.24) is 4.90 Å². The molecular weight excluding hydrogens is 248 g/mol. The van der Waals surface area contributed by atoms with Gasteiger partial charge in [-0.25, -0.2) is 0 Å². The summed E-state index contributed by atoms with van der Waals surface area (Å²) in [5.41, 5.74) is 2.03. The molecule has 0 heterocycles. The smallest absolute Gasteiger partial charge is 0.238 e. The van der Waals surface area contributed by atoms with E-state index in [1.54, 1.807) is 0 Å². The minimum atomic E-state index is 0.0889. The van der Waals surface area contributed by atoms with E-state index in [-0.39, 0.29) is 5.91 Å². The lowest BCUT2D eigenvalue weighted by molar-refractivity contribution is -0.117. The van der Waals surface area contributed by atoms with Crippen LogP contribution in [0.4, 0.5) is 5.69 Å². The molecule has 110 valence electrons. The van der Waals surface area contributed by atoms with Gasteiger partial charge in [0, 0.05) is 11.7 Å². The third kappa shape index (κ3) is 4.34. The molecule has 3 nitrogen and oxygen atoms in total. The van der Waals surface area contributed by atoms with E-state index in [2.05, 4.69) is 17.3 Å². The Morgan fingerprint density at radius 1 is 1.20 bits per heavy atom. The lowest BCUT2D eigenvalue weighted by atomic mass is 10.1. The van der Waals surface area contributed by atoms with Crippen molar-refractivity contribution in [3.63, 3.8) is 0 Å². The molecular formula is C17H26N2O. The summed E-state index contributed by atoms with van der Waals surface area (Å²) in [7, 11) is 2.08. The van der Waals surface area contributed by atoms with Gasteiger partial charge in [-0.3, -0.25) is 9.69 Å². The Kier molecular flexibility index (Phi) is 5.60. The Balaban J connectivity index is 1.85. The normalized spacial score (nSPS) is 16.9. The monoisotopic (exact) mass is 274 g/mol. The number of aryl methyl sites for hydroxylation is 1. The lowest BCUT2D eigenvalue weighted by Gasteiger charge is -2.26. The zero-order valence-corrected chi connectivity index (χ0v) is 12.7. The average molecular weight is 274 g/mol. The number of likely N-dealkylation sites (N-methyl/N-ethyl adjacent to an activating group) is 1. The molecule has 0 aromatic heterocycles. The van der Waals surface area contributed by atoms with Crippen molar-refractivity contribution < 1.29 is 4.79 Å². The largest absolute Gasteiger partial charge is 0.325 e. The van der Waals surface area contributed by atoms with Crippen LogP contribution in [0.1, 0.15) is 44.1 Å². The highest BCUT2D eigenvalue weighted by Crippen LogP contribution is 2.21. The van der Waals surface area contributed by atoms with Crippen LogP contribution in [0.3, 0.4) is 0 Å². The third-order valence-electron chi connectivity index (χ3n) is 4.26. The van der Waals surface area contributed by atoms with E-state index >= 15 is 0 Å². The first-order chi connectivity index (χ1) is 9.66. The van der Waals surface area contributed by atoms with Crippen LogP contribution in [-0.2, 0) is 4.79 Å². The first kappa shape index (κ1) is 15.0. The van der Waals surface area contributed by atoms with E-state index in [1.807, 2.05) is 31.2 Å². The number of hydrogen-bond acceptors (Lipinski definition) is 2. The van der Waals surface area contributed by atoms with Gasteiger partial charge in [0.15, 0.2) is 0 Å². The van der Waals surface area contributed by atoms with Crippen molar-refractivity contribution in [2.45, 2.75) is 51.5 Å². The quantitative estimate of drug-likeness (QED) is 0.851. The highest BCUT2D eigenvalue weighted by atomic mass is 16.2. The maximum Gasteiger partial charge on any atom is 0.238 e. The molecule has 1 aromatic rings. The Labute approximate surface area is 122 Å². The number of amides is 1. The molecule has 0 atom stereocenters. The van der Waals surface area contributed by atoms with Gasteiger partial charge in [-0.05, 0) is 38.4 Å². The summed E-state index contributed by atoms with van der Waals surface area (Å²) in [5, 5.41) is 3.02. The van der Waals surface area contributed by atoms with Crippen molar-refractivity contribution in [3.8, 4) is 0 Å². The Bertz CT molecular complexity index is 436. The molecule has 1 fully saturated rings. The predicted molar refractivity (Wildman–Crippen MR) is 83.9 cm³/mol. The van der Waals surface area contributed by atoms with Gasteiger partial charge in [0.2, 0.25) is 5.91 Å². The lowest BCUT2D eigenvalue weighted by Crippen LogP contribution is -2.37. The number of benzene rings is 1. The number of hydrogen-bond donors (Lipinski definition) is 1. The first-order valence-electron chi connectivity index (χ1n) is 7.72. The summed E-state index contributed by atoms with van der Waals surface area (Å²) in [6.07, 6.45) is 7.75. The molecule has 20 heavy (non-hydrogen) atoms. The maximum absolute atomic E-state index is 12.2. The summed E-state index contributed by atoms with van der Waals surface area (Å²) in [4.78, 5) is 14.4. The average Bonchev–Trinajstić information content (AvgIpc) is 2.70. The van der Waals surface area contributed by atoms with Gasteiger partial charge in [0.25, 0.3) is 0 Å². The maximum atomic E-state index is 12.2. The number of para-hydroxylation sites is 1. The van der Waals surface area contributed by atoms with E-state index < -0.39 is 0 Å². The number of rotatable bonds is 4. The van der Waals surface area contributed by atoms with Gasteiger partial charge >= 0.3 is 0 Å². The topological polar surface area (TPSA) is 32.3 Å². The minimum Gasteiger partial charge on any atom is -0.325 e. The van der Waals surface area contributed by atoms with E-state index in [0.717, 1.165) is 11.3 Å². The van der Waals surface area contributed by atoms with Crippen molar-refractivity contribution in [3.05, 3.63) is 29.8 Å². The van der Waals surface area contributed by atoms with E-state index in [4.69, 9.17) is 0 Å². The van der Waals surface area contributed by atoms with Crippen LogP contribution < -0.4 is 5.32 Å². The van der Waals surface area contributed by atoms with Crippen LogP contribution in [0.25, 0.3) is 0 Å². The second-order valence-electron chi connectivity index (χ2n) is 5.92. The summed E-state index contributed by atoms with van der Waals surface area (Å²) in [5.74, 6) is 0.0889. The highest BCUT2D eigenvalue weighted by molar-refractivity contribution is 5.92. The van der Waals surface area contributed by atoms with Crippen LogP contribution in [0.5, 0.6) is 0 Å². The van der Waals surface area contributed by atoms with Gasteiger partial charge in [0.05, 0.1) is 6.54 Å². The number of carbonyl (C=O) groups excluding carboxylic acids is 1. The molecule has 0 aliphatic heterocycles. The molecule has 2 rings (SSSR count). The standard InChI is InChI=1S/C17H26N2O/c1-14-9-7-8-12-16(14)18-17(20)13-19(2)15-10-5-3-4-6-11-15/h7-9,12,15H,3-6,10-11,13H2,1-2H3,(H,18,20).